The van der Waals surface area contributed by atoms with Crippen molar-refractivity contribution in [3.8, 4) is 5.75 Å². The van der Waals surface area contributed by atoms with Crippen molar-refractivity contribution in [1.82, 2.24) is 9.80 Å². The van der Waals surface area contributed by atoms with Gasteiger partial charge in [-0.1, -0.05) is 12.1 Å². The van der Waals surface area contributed by atoms with Crippen molar-refractivity contribution in [3.63, 3.8) is 0 Å². The predicted molar refractivity (Wildman–Crippen MR) is 91.3 cm³/mol. The third-order valence-corrected chi connectivity index (χ3v) is 3.75. The van der Waals surface area contributed by atoms with E-state index in [0.29, 0.717) is 19.6 Å². The minimum atomic E-state index is 0.0313. The zero-order valence-corrected chi connectivity index (χ0v) is 13.9. The highest BCUT2D eigenvalue weighted by Gasteiger charge is 2.18. The van der Waals surface area contributed by atoms with E-state index in [-0.39, 0.29) is 18.6 Å². The normalized spacial score (nSPS) is 16.3. The second-order valence-electron chi connectivity index (χ2n) is 5.96. The Labute approximate surface area is 138 Å². The summed E-state index contributed by atoms with van der Waals surface area (Å²) in [5.41, 5.74) is 0.954. The van der Waals surface area contributed by atoms with Gasteiger partial charge in [0.15, 0.2) is 0 Å². The number of nitrogens with zero attached hydrogens (tertiary/aromatic N) is 2. The maximum absolute atomic E-state index is 12.2. The molecule has 1 aromatic carbocycles. The summed E-state index contributed by atoms with van der Waals surface area (Å²) in [4.78, 5) is 16.3. The molecule has 5 nitrogen and oxygen atoms in total. The Kier molecular flexibility index (Phi) is 6.62. The van der Waals surface area contributed by atoms with Crippen LogP contribution in [0, 0.1) is 0 Å². The van der Waals surface area contributed by atoms with E-state index in [2.05, 4.69) is 4.90 Å². The Morgan fingerprint density at radius 3 is 2.70 bits per heavy atom. The molecule has 126 valence electrons. The summed E-state index contributed by atoms with van der Waals surface area (Å²) in [7, 11) is 0. The third-order valence-electron chi connectivity index (χ3n) is 3.75. The Morgan fingerprint density at radius 2 is 2.04 bits per heavy atom. The zero-order chi connectivity index (χ0) is 16.7. The number of amides is 1. The summed E-state index contributed by atoms with van der Waals surface area (Å²) in [5.74, 6) is 0.844. The van der Waals surface area contributed by atoms with Crippen LogP contribution in [0.2, 0.25) is 0 Å². The summed E-state index contributed by atoms with van der Waals surface area (Å²) < 4.78 is 5.66. The second kappa shape index (κ2) is 8.70. The van der Waals surface area contributed by atoms with E-state index in [1.54, 1.807) is 6.08 Å². The first-order chi connectivity index (χ1) is 11.1. The summed E-state index contributed by atoms with van der Waals surface area (Å²) in [6, 6.07) is 7.73. The molecule has 1 saturated heterocycles. The Bertz CT molecular complexity index is 535. The summed E-state index contributed by atoms with van der Waals surface area (Å²) in [6.45, 7) is 7.88. The lowest BCUT2D eigenvalue weighted by atomic mass is 10.2. The van der Waals surface area contributed by atoms with Gasteiger partial charge >= 0.3 is 0 Å². The molecule has 23 heavy (non-hydrogen) atoms. The Hall–Kier alpha value is -1.85. The number of benzene rings is 1. The van der Waals surface area contributed by atoms with E-state index in [4.69, 9.17) is 9.84 Å². The van der Waals surface area contributed by atoms with Crippen molar-refractivity contribution in [1.29, 1.82) is 0 Å². The molecule has 0 aliphatic carbocycles. The number of piperazine rings is 1. The van der Waals surface area contributed by atoms with Crippen LogP contribution in [0.5, 0.6) is 5.75 Å². The summed E-state index contributed by atoms with van der Waals surface area (Å²) in [5, 5.41) is 8.94. The molecule has 1 amide bonds. The third kappa shape index (κ3) is 5.69. The van der Waals surface area contributed by atoms with E-state index in [1.807, 2.05) is 49.1 Å². The molecular formula is C18H26N2O3. The fourth-order valence-electron chi connectivity index (χ4n) is 2.57. The Morgan fingerprint density at radius 1 is 1.30 bits per heavy atom. The van der Waals surface area contributed by atoms with E-state index in [9.17, 15) is 4.79 Å². The second-order valence-corrected chi connectivity index (χ2v) is 5.96. The number of aliphatic hydroxyl groups is 1. The topological polar surface area (TPSA) is 53.0 Å². The van der Waals surface area contributed by atoms with Crippen molar-refractivity contribution in [2.45, 2.75) is 20.0 Å². The van der Waals surface area contributed by atoms with Crippen LogP contribution in [-0.4, -0.2) is 66.2 Å². The van der Waals surface area contributed by atoms with Crippen molar-refractivity contribution >= 4 is 12.0 Å². The quantitative estimate of drug-likeness (QED) is 0.810. The largest absolute Gasteiger partial charge is 0.491 e. The van der Waals surface area contributed by atoms with Crippen LogP contribution >= 0.6 is 0 Å². The monoisotopic (exact) mass is 318 g/mol. The standard InChI is InChI=1S/C18H26N2O3/c1-15(2)23-17-5-3-4-16(14-17)6-7-18(22)20-10-8-19(9-11-20)12-13-21/h3-7,14-15,21H,8-13H2,1-2H3. The van der Waals surface area contributed by atoms with Gasteiger partial charge in [-0.3, -0.25) is 9.69 Å². The number of aliphatic hydroxyl groups excluding tert-OH is 1. The van der Waals surface area contributed by atoms with Gasteiger partial charge in [0, 0.05) is 38.8 Å². The fraction of sp³-hybridized carbons (Fsp3) is 0.500. The van der Waals surface area contributed by atoms with Crippen molar-refractivity contribution in [3.05, 3.63) is 35.9 Å². The number of rotatable bonds is 6. The highest BCUT2D eigenvalue weighted by Crippen LogP contribution is 2.16. The van der Waals surface area contributed by atoms with E-state index < -0.39 is 0 Å². The first kappa shape index (κ1) is 17.5. The van der Waals surface area contributed by atoms with Gasteiger partial charge in [-0.2, -0.15) is 0 Å². The maximum atomic E-state index is 12.2. The van der Waals surface area contributed by atoms with Crippen LogP contribution in [0.3, 0.4) is 0 Å². The fourth-order valence-corrected chi connectivity index (χ4v) is 2.57. The lowest BCUT2D eigenvalue weighted by Gasteiger charge is -2.33. The Balaban J connectivity index is 1.89. The van der Waals surface area contributed by atoms with Crippen molar-refractivity contribution in [2.24, 2.45) is 0 Å². The van der Waals surface area contributed by atoms with Gasteiger partial charge in [0.1, 0.15) is 5.75 Å². The van der Waals surface area contributed by atoms with Crippen molar-refractivity contribution in [2.75, 3.05) is 39.3 Å². The average molecular weight is 318 g/mol. The van der Waals surface area contributed by atoms with Gasteiger partial charge in [-0.25, -0.2) is 0 Å². The molecule has 0 spiro atoms. The smallest absolute Gasteiger partial charge is 0.246 e. The molecule has 1 aliphatic heterocycles. The molecule has 0 unspecified atom stereocenters. The van der Waals surface area contributed by atoms with Crippen LogP contribution in [0.25, 0.3) is 6.08 Å². The minimum Gasteiger partial charge on any atom is -0.491 e. The molecular weight excluding hydrogens is 292 g/mol. The molecule has 0 atom stereocenters. The SMILES string of the molecule is CC(C)Oc1cccc(C=CC(=O)N2CCN(CCO)CC2)c1. The predicted octanol–water partition coefficient (Wildman–Crippen LogP) is 1.62. The summed E-state index contributed by atoms with van der Waals surface area (Å²) in [6.07, 6.45) is 3.58. The molecule has 5 heteroatoms. The van der Waals surface area contributed by atoms with Crippen LogP contribution in [-0.2, 0) is 4.79 Å². The number of carbonyl (C=O) groups is 1. The molecule has 1 fully saturated rings. The highest BCUT2D eigenvalue weighted by atomic mass is 16.5. The van der Waals surface area contributed by atoms with E-state index >= 15 is 0 Å². The van der Waals surface area contributed by atoms with Crippen LogP contribution in [0.15, 0.2) is 30.3 Å². The number of β-amino-alcohol motifs (C(OH)–C–C–N with tert-alkyl or cyclic N) is 1. The first-order valence-corrected chi connectivity index (χ1v) is 8.15. The maximum Gasteiger partial charge on any atom is 0.246 e. The molecule has 0 radical (unpaired) electrons. The number of hydrogen-bond acceptors (Lipinski definition) is 4. The molecule has 1 aliphatic rings. The van der Waals surface area contributed by atoms with Gasteiger partial charge in [0.25, 0.3) is 0 Å². The molecule has 0 aromatic heterocycles. The molecule has 1 N–H and O–H groups in total. The van der Waals surface area contributed by atoms with Gasteiger partial charge in [0.2, 0.25) is 5.91 Å². The molecule has 0 bridgehead atoms. The molecule has 0 saturated carbocycles. The van der Waals surface area contributed by atoms with Crippen molar-refractivity contribution < 1.29 is 14.6 Å². The molecule has 1 heterocycles. The van der Waals surface area contributed by atoms with Crippen LogP contribution in [0.1, 0.15) is 19.4 Å². The number of ether oxygens (including phenoxy) is 1. The van der Waals surface area contributed by atoms with E-state index in [0.717, 1.165) is 24.4 Å². The lowest BCUT2D eigenvalue weighted by Crippen LogP contribution is -2.48. The zero-order valence-electron chi connectivity index (χ0n) is 13.9. The lowest BCUT2D eigenvalue weighted by molar-refractivity contribution is -0.127. The van der Waals surface area contributed by atoms with Gasteiger partial charge in [-0.15, -0.1) is 0 Å². The number of carbonyl (C=O) groups excluding carboxylic acids is 1. The van der Waals surface area contributed by atoms with Gasteiger partial charge in [0.05, 0.1) is 12.7 Å². The molecule has 2 rings (SSSR count). The van der Waals surface area contributed by atoms with Crippen LogP contribution < -0.4 is 4.74 Å². The minimum absolute atomic E-state index is 0.0313. The highest BCUT2D eigenvalue weighted by molar-refractivity contribution is 5.91. The molecule has 1 aromatic rings. The summed E-state index contributed by atoms with van der Waals surface area (Å²) >= 11 is 0. The van der Waals surface area contributed by atoms with Crippen LogP contribution in [0.4, 0.5) is 0 Å². The van der Waals surface area contributed by atoms with Gasteiger partial charge < -0.3 is 14.7 Å². The first-order valence-electron chi connectivity index (χ1n) is 8.15. The van der Waals surface area contributed by atoms with E-state index in [1.165, 1.54) is 0 Å². The number of hydrogen-bond donors (Lipinski definition) is 1. The average Bonchev–Trinajstić information content (AvgIpc) is 2.53. The van der Waals surface area contributed by atoms with Gasteiger partial charge in [-0.05, 0) is 37.6 Å².